The van der Waals surface area contributed by atoms with Gasteiger partial charge in [-0.3, -0.25) is 4.79 Å². The number of nitrogens with zero attached hydrogens (tertiary/aromatic N) is 5. The van der Waals surface area contributed by atoms with Crippen LogP contribution in [0.25, 0.3) is 10.8 Å². The Balaban J connectivity index is 1.49. The zero-order valence-electron chi connectivity index (χ0n) is 16.3. The Morgan fingerprint density at radius 1 is 1.06 bits per heavy atom. The van der Waals surface area contributed by atoms with Crippen LogP contribution >= 0.6 is 34.5 Å². The van der Waals surface area contributed by atoms with Crippen molar-refractivity contribution in [1.82, 2.24) is 24.2 Å². The lowest BCUT2D eigenvalue weighted by molar-refractivity contribution is 0.0702. The number of halogens is 2. The van der Waals surface area contributed by atoms with Crippen molar-refractivity contribution in [1.29, 1.82) is 0 Å². The van der Waals surface area contributed by atoms with Crippen LogP contribution in [0.5, 0.6) is 0 Å². The van der Waals surface area contributed by atoms with Gasteiger partial charge in [-0.05, 0) is 25.1 Å². The number of aryl methyl sites for hydroxylation is 1. The predicted octanol–water partition coefficient (Wildman–Crippen LogP) is 3.36. The van der Waals surface area contributed by atoms with Gasteiger partial charge < -0.3 is 4.90 Å². The number of sulfonamides is 1. The average Bonchev–Trinajstić information content (AvgIpc) is 3.17. The third kappa shape index (κ3) is 4.31. The maximum Gasteiger partial charge on any atom is 0.265 e. The van der Waals surface area contributed by atoms with Crippen LogP contribution in [0.3, 0.4) is 0 Å². The normalized spacial score (nSPS) is 15.3. The van der Waals surface area contributed by atoms with Crippen LogP contribution in [0.2, 0.25) is 10.0 Å². The maximum atomic E-state index is 13.0. The number of hydrogen-bond acceptors (Lipinski definition) is 7. The highest BCUT2D eigenvalue weighted by Gasteiger charge is 2.33. The molecular formula is C19H17Cl2N5O3S2. The van der Waals surface area contributed by atoms with Gasteiger partial charge >= 0.3 is 0 Å². The molecular weight excluding hydrogens is 481 g/mol. The van der Waals surface area contributed by atoms with Crippen molar-refractivity contribution in [2.45, 2.75) is 11.8 Å². The molecule has 0 atom stereocenters. The van der Waals surface area contributed by atoms with Gasteiger partial charge in [-0.1, -0.05) is 29.3 Å². The number of aromatic nitrogens is 3. The number of hydrogen-bond donors (Lipinski definition) is 0. The summed E-state index contributed by atoms with van der Waals surface area (Å²) in [6.07, 6.45) is 3.23. The predicted molar refractivity (Wildman–Crippen MR) is 119 cm³/mol. The van der Waals surface area contributed by atoms with Gasteiger partial charge in [-0.15, -0.1) is 11.3 Å². The molecule has 3 heterocycles. The van der Waals surface area contributed by atoms with Gasteiger partial charge in [0.1, 0.15) is 9.77 Å². The van der Waals surface area contributed by atoms with Crippen molar-refractivity contribution in [3.05, 3.63) is 57.3 Å². The van der Waals surface area contributed by atoms with Crippen LogP contribution in [0.1, 0.15) is 15.4 Å². The quantitative estimate of drug-likeness (QED) is 0.548. The van der Waals surface area contributed by atoms with Crippen molar-refractivity contribution >= 4 is 50.5 Å². The summed E-state index contributed by atoms with van der Waals surface area (Å²) in [6, 6.07) is 6.21. The molecule has 1 aliphatic rings. The summed E-state index contributed by atoms with van der Waals surface area (Å²) in [5.41, 5.74) is 0.596. The standard InChI is InChI=1S/C19H17Cl2N5O3S2/c1-12-16(30-18(24-12)17-22-6-3-7-23-17)19(27)25-8-10-26(11-9-25)31(28,29)14-5-2-4-13(20)15(14)21/h2-7H,8-11H2,1H3. The van der Waals surface area contributed by atoms with Gasteiger partial charge in [0.25, 0.3) is 5.91 Å². The lowest BCUT2D eigenvalue weighted by atomic mass is 10.3. The number of thiazole rings is 1. The SMILES string of the molecule is Cc1nc(-c2ncccn2)sc1C(=O)N1CCN(S(=O)(=O)c2cccc(Cl)c2Cl)CC1. The molecule has 0 aliphatic carbocycles. The third-order valence-corrected chi connectivity index (χ3v) is 8.82. The summed E-state index contributed by atoms with van der Waals surface area (Å²) in [5, 5.41) is 0.743. The first-order valence-electron chi connectivity index (χ1n) is 9.27. The smallest absolute Gasteiger partial charge is 0.265 e. The van der Waals surface area contributed by atoms with Gasteiger partial charge in [0, 0.05) is 38.6 Å². The Morgan fingerprint density at radius 3 is 2.42 bits per heavy atom. The van der Waals surface area contributed by atoms with E-state index < -0.39 is 10.0 Å². The van der Waals surface area contributed by atoms with E-state index in [-0.39, 0.29) is 47.0 Å². The Hall–Kier alpha value is -2.11. The first-order chi connectivity index (χ1) is 14.8. The van der Waals surface area contributed by atoms with Crippen molar-refractivity contribution in [3.8, 4) is 10.8 Å². The molecule has 12 heteroatoms. The largest absolute Gasteiger partial charge is 0.335 e. The van der Waals surface area contributed by atoms with Crippen LogP contribution in [0.15, 0.2) is 41.6 Å². The molecule has 0 bridgehead atoms. The highest BCUT2D eigenvalue weighted by atomic mass is 35.5. The van der Waals surface area contributed by atoms with Gasteiger partial charge in [0.15, 0.2) is 10.8 Å². The summed E-state index contributed by atoms with van der Waals surface area (Å²) in [7, 11) is -3.82. The Labute approximate surface area is 193 Å². The van der Waals surface area contributed by atoms with E-state index in [9.17, 15) is 13.2 Å². The van der Waals surface area contributed by atoms with Crippen LogP contribution in [-0.2, 0) is 10.0 Å². The lowest BCUT2D eigenvalue weighted by Gasteiger charge is -2.34. The number of amides is 1. The zero-order valence-corrected chi connectivity index (χ0v) is 19.5. The third-order valence-electron chi connectivity index (χ3n) is 4.81. The van der Waals surface area contributed by atoms with E-state index in [1.165, 1.54) is 27.8 Å². The number of benzene rings is 1. The minimum atomic E-state index is -3.82. The molecule has 0 unspecified atom stereocenters. The Kier molecular flexibility index (Phi) is 6.27. The fourth-order valence-corrected chi connectivity index (χ4v) is 6.34. The van der Waals surface area contributed by atoms with Gasteiger partial charge in [-0.2, -0.15) is 4.31 Å². The van der Waals surface area contributed by atoms with E-state index in [0.717, 1.165) is 0 Å². The van der Waals surface area contributed by atoms with Crippen molar-refractivity contribution in [2.75, 3.05) is 26.2 Å². The molecule has 0 spiro atoms. The van der Waals surface area contributed by atoms with Gasteiger partial charge in [-0.25, -0.2) is 23.4 Å². The monoisotopic (exact) mass is 497 g/mol. The summed E-state index contributed by atoms with van der Waals surface area (Å²) in [4.78, 5) is 27.9. The van der Waals surface area contributed by atoms with E-state index in [4.69, 9.17) is 23.2 Å². The molecule has 0 radical (unpaired) electrons. The van der Waals surface area contributed by atoms with Gasteiger partial charge in [0.05, 0.1) is 15.7 Å². The first-order valence-corrected chi connectivity index (χ1v) is 12.3. The topological polar surface area (TPSA) is 96.4 Å². The fraction of sp³-hybridized carbons (Fsp3) is 0.263. The molecule has 162 valence electrons. The van der Waals surface area contributed by atoms with Crippen molar-refractivity contribution in [3.63, 3.8) is 0 Å². The second-order valence-corrected chi connectivity index (χ2v) is 10.4. The van der Waals surface area contributed by atoms with E-state index in [1.54, 1.807) is 36.4 Å². The zero-order chi connectivity index (χ0) is 22.2. The molecule has 1 fully saturated rings. The minimum absolute atomic E-state index is 0.00128. The summed E-state index contributed by atoms with van der Waals surface area (Å²) >= 11 is 13.3. The highest BCUT2D eigenvalue weighted by Crippen LogP contribution is 2.32. The lowest BCUT2D eigenvalue weighted by Crippen LogP contribution is -2.50. The number of piperazine rings is 1. The molecule has 8 nitrogen and oxygen atoms in total. The second-order valence-electron chi connectivity index (χ2n) is 6.75. The summed E-state index contributed by atoms with van der Waals surface area (Å²) < 4.78 is 27.3. The van der Waals surface area contributed by atoms with Crippen LogP contribution in [-0.4, -0.2) is 64.7 Å². The average molecular weight is 498 g/mol. The Morgan fingerprint density at radius 2 is 1.74 bits per heavy atom. The van der Waals surface area contributed by atoms with Crippen molar-refractivity contribution in [2.24, 2.45) is 0 Å². The Bertz CT molecular complexity index is 1230. The molecule has 0 N–H and O–H groups in total. The second kappa shape index (κ2) is 8.79. The first kappa shape index (κ1) is 22.1. The molecule has 1 saturated heterocycles. The number of carbonyl (C=O) groups is 1. The van der Waals surface area contributed by atoms with E-state index in [1.807, 2.05) is 0 Å². The molecule has 1 aliphatic heterocycles. The molecule has 3 aromatic rings. The fourth-order valence-electron chi connectivity index (χ4n) is 3.20. The molecule has 1 amide bonds. The molecule has 0 saturated carbocycles. The number of carbonyl (C=O) groups excluding carboxylic acids is 1. The van der Waals surface area contributed by atoms with Crippen LogP contribution in [0, 0.1) is 6.92 Å². The minimum Gasteiger partial charge on any atom is -0.335 e. The number of rotatable bonds is 4. The van der Waals surface area contributed by atoms with E-state index >= 15 is 0 Å². The van der Waals surface area contributed by atoms with E-state index in [2.05, 4.69) is 15.0 Å². The summed E-state index contributed by atoms with van der Waals surface area (Å²) in [6.45, 7) is 2.58. The molecule has 1 aromatic carbocycles. The van der Waals surface area contributed by atoms with Crippen LogP contribution in [0.4, 0.5) is 0 Å². The molecule has 31 heavy (non-hydrogen) atoms. The van der Waals surface area contributed by atoms with Crippen molar-refractivity contribution < 1.29 is 13.2 Å². The molecule has 2 aromatic heterocycles. The highest BCUT2D eigenvalue weighted by molar-refractivity contribution is 7.89. The molecule has 4 rings (SSSR count). The van der Waals surface area contributed by atoms with Crippen LogP contribution < -0.4 is 0 Å². The maximum absolute atomic E-state index is 13.0. The van der Waals surface area contributed by atoms with Gasteiger partial charge in [0.2, 0.25) is 10.0 Å². The van der Waals surface area contributed by atoms with E-state index in [0.29, 0.717) is 21.4 Å². The summed E-state index contributed by atoms with van der Waals surface area (Å²) in [5.74, 6) is 0.277.